The highest BCUT2D eigenvalue weighted by molar-refractivity contribution is 5.89. The third kappa shape index (κ3) is 3.19. The number of hydrogen-bond donors (Lipinski definition) is 2. The monoisotopic (exact) mass is 143 g/mol. The van der Waals surface area contributed by atoms with Crippen LogP contribution >= 0.6 is 0 Å². The molecular formula is C6H13N3O. The lowest BCUT2D eigenvalue weighted by atomic mass is 10.6. The summed E-state index contributed by atoms with van der Waals surface area (Å²) in [7, 11) is 1.65. The predicted molar refractivity (Wildman–Crippen MR) is 40.8 cm³/mol. The Morgan fingerprint density at radius 3 is 2.70 bits per heavy atom. The third-order valence-electron chi connectivity index (χ3n) is 1.06. The number of nitrogens with zero attached hydrogens (tertiary/aromatic N) is 1. The lowest BCUT2D eigenvalue weighted by Crippen LogP contribution is -2.27. The summed E-state index contributed by atoms with van der Waals surface area (Å²) in [4.78, 5) is 1.40. The number of hydrogen-bond acceptors (Lipinski definition) is 3. The van der Waals surface area contributed by atoms with Gasteiger partial charge in [0, 0.05) is 13.7 Å². The Kier molecular flexibility index (Phi) is 4.49. The average Bonchev–Trinajstić information content (AvgIpc) is 1.98. The molecule has 58 valence electrons. The van der Waals surface area contributed by atoms with Crippen LogP contribution in [0.25, 0.3) is 0 Å². The molecule has 0 atom stereocenters. The fourth-order valence-corrected chi connectivity index (χ4v) is 0.378. The molecule has 0 saturated carbocycles. The van der Waals surface area contributed by atoms with Crippen LogP contribution in [0, 0.1) is 10.8 Å². The molecule has 0 aromatic rings. The van der Waals surface area contributed by atoms with E-state index in [1.54, 1.807) is 7.05 Å². The maximum atomic E-state index is 7.25. The van der Waals surface area contributed by atoms with Gasteiger partial charge in [-0.15, -0.1) is 0 Å². The van der Waals surface area contributed by atoms with Gasteiger partial charge >= 0.3 is 0 Å². The smallest absolute Gasteiger partial charge is 0.127 e. The zero-order valence-corrected chi connectivity index (χ0v) is 6.35. The molecular weight excluding hydrogens is 130 g/mol. The molecule has 0 aliphatic carbocycles. The fourth-order valence-electron chi connectivity index (χ4n) is 0.378. The summed E-state index contributed by atoms with van der Waals surface area (Å²) in [5, 5.41) is 14.0. The van der Waals surface area contributed by atoms with Gasteiger partial charge in [-0.1, -0.05) is 0 Å². The number of likely N-dealkylation sites (N-methyl/N-ethyl adjacent to an activating group) is 1. The molecule has 2 N–H and O–H groups in total. The van der Waals surface area contributed by atoms with Crippen LogP contribution in [0.3, 0.4) is 0 Å². The molecule has 0 rings (SSSR count). The fraction of sp³-hybridized carbons (Fsp3) is 0.667. The van der Waals surface area contributed by atoms with Crippen LogP contribution in [0.5, 0.6) is 0 Å². The van der Waals surface area contributed by atoms with Crippen molar-refractivity contribution in [3.63, 3.8) is 0 Å². The Hall–Kier alpha value is -0.900. The van der Waals surface area contributed by atoms with E-state index in [4.69, 9.17) is 15.6 Å². The van der Waals surface area contributed by atoms with Gasteiger partial charge < -0.3 is 9.64 Å². The van der Waals surface area contributed by atoms with E-state index < -0.39 is 0 Å². The van der Waals surface area contributed by atoms with Crippen molar-refractivity contribution in [3.8, 4) is 0 Å². The molecule has 0 aromatic carbocycles. The first-order chi connectivity index (χ1) is 4.72. The predicted octanol–water partition coefficient (Wildman–Crippen LogP) is 0.539. The van der Waals surface area contributed by atoms with Gasteiger partial charge in [0.05, 0.1) is 6.34 Å². The quantitative estimate of drug-likeness (QED) is 0.445. The van der Waals surface area contributed by atoms with E-state index in [2.05, 4.69) is 0 Å². The molecule has 10 heavy (non-hydrogen) atoms. The third-order valence-corrected chi connectivity index (χ3v) is 1.06. The molecule has 0 heterocycles. The zero-order chi connectivity index (χ0) is 7.98. The highest BCUT2D eigenvalue weighted by Crippen LogP contribution is 1.81. The molecule has 0 aliphatic heterocycles. The summed E-state index contributed by atoms with van der Waals surface area (Å²) in [5.74, 6) is 0.303. The van der Waals surface area contributed by atoms with E-state index in [0.717, 1.165) is 6.34 Å². The van der Waals surface area contributed by atoms with Crippen LogP contribution in [0.1, 0.15) is 6.92 Å². The van der Waals surface area contributed by atoms with Gasteiger partial charge in [-0.25, -0.2) is 0 Å². The molecule has 4 heteroatoms. The molecule has 0 aromatic heterocycles. The van der Waals surface area contributed by atoms with Crippen molar-refractivity contribution in [1.82, 2.24) is 4.90 Å². The van der Waals surface area contributed by atoms with Gasteiger partial charge in [0.1, 0.15) is 12.4 Å². The Balaban J connectivity index is 3.51. The summed E-state index contributed by atoms with van der Waals surface area (Å²) < 4.78 is 4.95. The van der Waals surface area contributed by atoms with Crippen molar-refractivity contribution in [2.75, 3.05) is 20.3 Å². The second kappa shape index (κ2) is 4.93. The molecule has 0 amide bonds. The van der Waals surface area contributed by atoms with Crippen LogP contribution in [0.15, 0.2) is 0 Å². The van der Waals surface area contributed by atoms with Gasteiger partial charge in [0.2, 0.25) is 0 Å². The number of nitrogens with one attached hydrogen (secondary N) is 2. The first-order valence-corrected chi connectivity index (χ1v) is 3.11. The summed E-state index contributed by atoms with van der Waals surface area (Å²) in [6.45, 7) is 2.76. The first-order valence-electron chi connectivity index (χ1n) is 3.11. The van der Waals surface area contributed by atoms with Crippen LogP contribution < -0.4 is 0 Å². The molecule has 0 radical (unpaired) electrons. The van der Waals surface area contributed by atoms with E-state index in [-0.39, 0.29) is 6.61 Å². The summed E-state index contributed by atoms with van der Waals surface area (Å²) in [6, 6.07) is 0. The van der Waals surface area contributed by atoms with E-state index in [1.807, 2.05) is 6.92 Å². The molecule has 0 bridgehead atoms. The minimum Gasteiger partial charge on any atom is -0.374 e. The average molecular weight is 143 g/mol. The maximum Gasteiger partial charge on any atom is 0.127 e. The molecule has 0 saturated heterocycles. The van der Waals surface area contributed by atoms with Gasteiger partial charge in [0.25, 0.3) is 0 Å². The van der Waals surface area contributed by atoms with Crippen molar-refractivity contribution in [2.24, 2.45) is 0 Å². The van der Waals surface area contributed by atoms with Crippen LogP contribution in [0.2, 0.25) is 0 Å². The van der Waals surface area contributed by atoms with Gasteiger partial charge in [0.15, 0.2) is 0 Å². The number of ether oxygens (including phenoxy) is 1. The Bertz CT molecular complexity index is 124. The Morgan fingerprint density at radius 2 is 2.30 bits per heavy atom. The van der Waals surface area contributed by atoms with Crippen molar-refractivity contribution < 1.29 is 4.74 Å². The topological polar surface area (TPSA) is 60.2 Å². The van der Waals surface area contributed by atoms with E-state index in [0.29, 0.717) is 12.4 Å². The van der Waals surface area contributed by atoms with Crippen LogP contribution in [-0.2, 0) is 4.74 Å². The van der Waals surface area contributed by atoms with E-state index in [1.165, 1.54) is 4.90 Å². The lowest BCUT2D eigenvalue weighted by Gasteiger charge is -2.12. The van der Waals surface area contributed by atoms with Crippen LogP contribution in [-0.4, -0.2) is 37.3 Å². The molecule has 0 aliphatic rings. The normalized spacial score (nSPS) is 9.00. The van der Waals surface area contributed by atoms with Gasteiger partial charge in [-0.05, 0) is 6.92 Å². The summed E-state index contributed by atoms with van der Waals surface area (Å²) in [6.07, 6.45) is 1.08. The molecule has 4 nitrogen and oxygen atoms in total. The highest BCUT2D eigenvalue weighted by Gasteiger charge is 1.98. The second-order valence-corrected chi connectivity index (χ2v) is 1.82. The molecule has 0 spiro atoms. The zero-order valence-electron chi connectivity index (χ0n) is 6.35. The first kappa shape index (κ1) is 9.10. The van der Waals surface area contributed by atoms with Crippen molar-refractivity contribution in [1.29, 1.82) is 10.8 Å². The Labute approximate surface area is 60.8 Å². The SMILES string of the molecule is CCOCC(=N)N(C)C=N. The lowest BCUT2D eigenvalue weighted by molar-refractivity contribution is 0.182. The highest BCUT2D eigenvalue weighted by atomic mass is 16.5. The standard InChI is InChI=1S/C6H13N3O/c1-3-10-4-6(8)9(2)5-7/h5,7-8H,3-4H2,1-2H3. The Morgan fingerprint density at radius 1 is 1.70 bits per heavy atom. The number of amidine groups is 1. The molecule has 0 fully saturated rings. The van der Waals surface area contributed by atoms with Gasteiger partial charge in [-0.3, -0.25) is 10.8 Å². The van der Waals surface area contributed by atoms with Gasteiger partial charge in [-0.2, -0.15) is 0 Å². The minimum absolute atomic E-state index is 0.280. The van der Waals surface area contributed by atoms with Crippen molar-refractivity contribution in [3.05, 3.63) is 0 Å². The summed E-state index contributed by atoms with van der Waals surface area (Å²) in [5.41, 5.74) is 0. The van der Waals surface area contributed by atoms with E-state index in [9.17, 15) is 0 Å². The maximum absolute atomic E-state index is 7.25. The largest absolute Gasteiger partial charge is 0.374 e. The van der Waals surface area contributed by atoms with Crippen LogP contribution in [0.4, 0.5) is 0 Å². The molecule has 0 unspecified atom stereocenters. The van der Waals surface area contributed by atoms with Crippen molar-refractivity contribution in [2.45, 2.75) is 6.92 Å². The van der Waals surface area contributed by atoms with Crippen molar-refractivity contribution >= 4 is 12.2 Å². The van der Waals surface area contributed by atoms with E-state index >= 15 is 0 Å². The number of rotatable bonds is 4. The minimum atomic E-state index is 0.280. The second-order valence-electron chi connectivity index (χ2n) is 1.82. The summed E-state index contributed by atoms with van der Waals surface area (Å²) >= 11 is 0.